The smallest absolute Gasteiger partial charge is 0.156 e. The first kappa shape index (κ1) is 17.8. The van der Waals surface area contributed by atoms with Crippen LogP contribution >= 0.6 is 35.1 Å². The third-order valence-corrected chi connectivity index (χ3v) is 6.26. The molecule has 130 valence electrons. The van der Waals surface area contributed by atoms with Gasteiger partial charge in [0, 0.05) is 40.7 Å². The van der Waals surface area contributed by atoms with Crippen molar-refractivity contribution in [2.24, 2.45) is 0 Å². The number of rotatable bonds is 2. The molecule has 7 heteroatoms. The van der Waals surface area contributed by atoms with Gasteiger partial charge in [-0.05, 0) is 44.9 Å². The zero-order chi connectivity index (χ0) is 17.6. The summed E-state index contributed by atoms with van der Waals surface area (Å²) in [4.78, 5) is 6.50. The lowest BCUT2D eigenvalue weighted by Gasteiger charge is -2.29. The van der Waals surface area contributed by atoms with Gasteiger partial charge >= 0.3 is 0 Å². The van der Waals surface area contributed by atoms with Gasteiger partial charge in [-0.25, -0.2) is 4.94 Å². The Morgan fingerprint density at radius 3 is 2.67 bits per heavy atom. The van der Waals surface area contributed by atoms with Crippen LogP contribution in [0.25, 0.3) is 0 Å². The molecule has 2 aromatic rings. The minimum Gasteiger partial charge on any atom is -0.357 e. The van der Waals surface area contributed by atoms with E-state index in [0.717, 1.165) is 39.8 Å². The van der Waals surface area contributed by atoms with Gasteiger partial charge in [0.1, 0.15) is 0 Å². The van der Waals surface area contributed by atoms with E-state index in [2.05, 4.69) is 54.9 Å². The van der Waals surface area contributed by atoms with Crippen molar-refractivity contribution in [3.05, 3.63) is 45.6 Å². The van der Waals surface area contributed by atoms with E-state index >= 15 is 0 Å². The summed E-state index contributed by atoms with van der Waals surface area (Å²) in [5.41, 5.74) is 4.40. The molecule has 1 atom stereocenters. The van der Waals surface area contributed by atoms with E-state index in [0.29, 0.717) is 0 Å². The molecule has 0 aliphatic carbocycles. The monoisotopic (exact) mass is 384 g/mol. The van der Waals surface area contributed by atoms with E-state index in [4.69, 9.17) is 23.4 Å². The predicted molar refractivity (Wildman–Crippen MR) is 105 cm³/mol. The van der Waals surface area contributed by atoms with Crippen LogP contribution in [-0.2, 0) is 0 Å². The molecule has 1 N–H and O–H groups in total. The van der Waals surface area contributed by atoms with Crippen LogP contribution in [0.4, 0.5) is 5.82 Å². The zero-order valence-corrected chi connectivity index (χ0v) is 16.9. The maximum atomic E-state index is 6.61. The number of fused-ring (bicyclic) bond motifs is 1. The Bertz CT molecular complexity index is 772. The second-order valence-corrected chi connectivity index (χ2v) is 9.35. The number of halogens is 2. The highest BCUT2D eigenvalue weighted by atomic mass is 35.5. The van der Waals surface area contributed by atoms with E-state index < -0.39 is 0 Å². The first-order chi connectivity index (χ1) is 11.2. The van der Waals surface area contributed by atoms with E-state index in [1.807, 2.05) is 24.8 Å². The number of thioether (sulfide) groups is 1. The molecule has 3 rings (SSSR count). The van der Waals surface area contributed by atoms with Gasteiger partial charge in [0.05, 0.1) is 10.9 Å². The number of aromatic nitrogens is 2. The van der Waals surface area contributed by atoms with Gasteiger partial charge in [-0.15, -0.1) is 16.6 Å². The normalized spacial score (nSPS) is 19.8. The number of benzene rings is 1. The molecule has 0 fully saturated rings. The molecule has 1 aliphatic rings. The summed E-state index contributed by atoms with van der Waals surface area (Å²) in [6.07, 6.45) is 0. The number of nitrogens with one attached hydrogen (secondary N) is 1. The second kappa shape index (κ2) is 6.36. The first-order valence-electron chi connectivity index (χ1n) is 7.84. The van der Waals surface area contributed by atoms with E-state index in [9.17, 15) is 0 Å². The lowest BCUT2D eigenvalue weighted by molar-refractivity contribution is 0.673. The van der Waals surface area contributed by atoms with Crippen LogP contribution in [0.1, 0.15) is 41.5 Å². The van der Waals surface area contributed by atoms with Crippen LogP contribution < -0.4 is 9.84 Å². The highest BCUT2D eigenvalue weighted by Crippen LogP contribution is 2.51. The Hall–Kier alpha value is -1.04. The van der Waals surface area contributed by atoms with Crippen LogP contribution in [0.5, 0.6) is 0 Å². The van der Waals surface area contributed by atoms with E-state index in [1.165, 1.54) is 0 Å². The van der Waals surface area contributed by atoms with Crippen molar-refractivity contribution in [3.63, 3.8) is 0 Å². The van der Waals surface area contributed by atoms with Gasteiger partial charge in [-0.2, -0.15) is 5.10 Å². The Morgan fingerprint density at radius 1 is 1.33 bits per heavy atom. The maximum Gasteiger partial charge on any atom is 0.156 e. The largest absolute Gasteiger partial charge is 0.357 e. The fourth-order valence-electron chi connectivity index (χ4n) is 3.39. The van der Waals surface area contributed by atoms with Gasteiger partial charge in [-0.1, -0.05) is 23.7 Å². The molecule has 4 nitrogen and oxygen atoms in total. The Labute approximate surface area is 157 Å². The van der Waals surface area contributed by atoms with Gasteiger partial charge in [0.15, 0.2) is 5.82 Å². The lowest BCUT2D eigenvalue weighted by Crippen LogP contribution is -2.34. The Kier molecular flexibility index (Phi) is 4.71. The highest BCUT2D eigenvalue weighted by molar-refractivity contribution is 8.01. The number of hydrogen-bond acceptors (Lipinski definition) is 4. The van der Waals surface area contributed by atoms with Crippen molar-refractivity contribution in [3.8, 4) is 0 Å². The summed E-state index contributed by atoms with van der Waals surface area (Å²) in [6, 6.07) is 6.27. The zero-order valence-electron chi connectivity index (χ0n) is 14.5. The quantitative estimate of drug-likeness (QED) is 0.746. The van der Waals surface area contributed by atoms with Crippen molar-refractivity contribution >= 4 is 41.0 Å². The number of hydrogen-bond donors (Lipinski definition) is 1. The summed E-state index contributed by atoms with van der Waals surface area (Å²) in [6.45, 7) is 9.48. The van der Waals surface area contributed by atoms with Gasteiger partial charge in [0.25, 0.3) is 0 Å². The number of aryl methyl sites for hydroxylation is 2. The van der Waals surface area contributed by atoms with Crippen molar-refractivity contribution in [1.82, 2.24) is 9.89 Å². The standard InChI is InChI=1S/C17H22Cl2N4S/c1-10-6-7-12(13(18)8-10)15-14-11(2)20-23(21-19)16(14)22(5)9-17(3,4)24-15/h6-8,15,21H,9H2,1-5H3. The molecule has 1 aliphatic heterocycles. The summed E-state index contributed by atoms with van der Waals surface area (Å²) in [5.74, 6) is 0.988. The summed E-state index contributed by atoms with van der Waals surface area (Å²) >= 11 is 14.4. The topological polar surface area (TPSA) is 33.1 Å². The summed E-state index contributed by atoms with van der Waals surface area (Å²) in [5, 5.41) is 5.45. The number of anilines is 1. The molecule has 0 amide bonds. The highest BCUT2D eigenvalue weighted by Gasteiger charge is 2.38. The third kappa shape index (κ3) is 3.09. The summed E-state index contributed by atoms with van der Waals surface area (Å²) < 4.78 is 0.0518. The molecule has 0 saturated heterocycles. The van der Waals surface area contributed by atoms with Crippen LogP contribution in [-0.4, -0.2) is 28.2 Å². The number of nitrogens with zero attached hydrogens (tertiary/aromatic N) is 3. The maximum absolute atomic E-state index is 6.61. The predicted octanol–water partition coefficient (Wildman–Crippen LogP) is 4.90. The van der Waals surface area contributed by atoms with Crippen LogP contribution in [0.15, 0.2) is 18.2 Å². The average molecular weight is 385 g/mol. The van der Waals surface area contributed by atoms with Crippen LogP contribution in [0.2, 0.25) is 5.02 Å². The Morgan fingerprint density at radius 2 is 2.04 bits per heavy atom. The van der Waals surface area contributed by atoms with Crippen LogP contribution in [0.3, 0.4) is 0 Å². The molecule has 1 aromatic carbocycles. The van der Waals surface area contributed by atoms with Gasteiger partial charge in [-0.3, -0.25) is 0 Å². The lowest BCUT2D eigenvalue weighted by atomic mass is 10.0. The fourth-order valence-corrected chi connectivity index (χ4v) is 5.54. The minimum absolute atomic E-state index is 0.0518. The molecule has 1 aromatic heterocycles. The Balaban J connectivity index is 2.24. The molecule has 0 radical (unpaired) electrons. The molecule has 2 heterocycles. The average Bonchev–Trinajstić information content (AvgIpc) is 2.76. The molecule has 0 saturated carbocycles. The van der Waals surface area contributed by atoms with Crippen LogP contribution in [0, 0.1) is 13.8 Å². The molecule has 0 spiro atoms. The second-order valence-electron chi connectivity index (χ2n) is 6.96. The van der Waals surface area contributed by atoms with E-state index in [-0.39, 0.29) is 10.00 Å². The van der Waals surface area contributed by atoms with E-state index in [1.54, 1.807) is 4.79 Å². The van der Waals surface area contributed by atoms with Crippen molar-refractivity contribution in [2.75, 3.05) is 23.4 Å². The molecular formula is C17H22Cl2N4S. The van der Waals surface area contributed by atoms with Crippen molar-refractivity contribution in [1.29, 1.82) is 0 Å². The third-order valence-electron chi connectivity index (χ3n) is 4.28. The summed E-state index contributed by atoms with van der Waals surface area (Å²) in [7, 11) is 2.08. The SMILES string of the molecule is Cc1ccc(C2SC(C)(C)CN(C)c3c2c(C)nn3NCl)c(Cl)c1. The van der Waals surface area contributed by atoms with Gasteiger partial charge < -0.3 is 4.90 Å². The minimum atomic E-state index is 0.0518. The molecular weight excluding hydrogens is 363 g/mol. The van der Waals surface area contributed by atoms with Crippen molar-refractivity contribution < 1.29 is 0 Å². The first-order valence-corrected chi connectivity index (χ1v) is 9.48. The molecule has 24 heavy (non-hydrogen) atoms. The van der Waals surface area contributed by atoms with Crippen molar-refractivity contribution in [2.45, 2.75) is 37.7 Å². The molecule has 1 unspecified atom stereocenters. The van der Waals surface area contributed by atoms with Gasteiger partial charge in [0.2, 0.25) is 0 Å². The molecule has 0 bridgehead atoms. The fraction of sp³-hybridized carbons (Fsp3) is 0.471.